The van der Waals surface area contributed by atoms with E-state index in [0.29, 0.717) is 0 Å². The Hall–Kier alpha value is -0.120. The van der Waals surface area contributed by atoms with Crippen molar-refractivity contribution in [2.75, 3.05) is 20.6 Å². The van der Waals surface area contributed by atoms with E-state index in [1.54, 1.807) is 6.92 Å². The Kier molecular flexibility index (Phi) is 5.58. The van der Waals surface area contributed by atoms with Crippen molar-refractivity contribution in [3.63, 3.8) is 0 Å². The fourth-order valence-corrected chi connectivity index (χ4v) is 0.927. The number of hydrogen-bond acceptors (Lipinski definition) is 3. The molecule has 10 heavy (non-hydrogen) atoms. The van der Waals surface area contributed by atoms with Gasteiger partial charge < -0.3 is 15.7 Å². The summed E-state index contributed by atoms with van der Waals surface area (Å²) >= 11 is 0. The highest BCUT2D eigenvalue weighted by molar-refractivity contribution is 4.70. The summed E-state index contributed by atoms with van der Waals surface area (Å²) in [4.78, 5) is 0. The molecular weight excluding hydrogens is 128 g/mol. The van der Waals surface area contributed by atoms with E-state index in [0.717, 1.165) is 13.0 Å². The number of aliphatic hydroxyl groups excluding tert-OH is 1. The summed E-state index contributed by atoms with van der Waals surface area (Å²) in [6, 6.07) is 0.215. The molecule has 62 valence electrons. The van der Waals surface area contributed by atoms with Crippen LogP contribution in [0.5, 0.6) is 0 Å². The molecule has 3 N–H and O–H groups in total. The zero-order valence-electron chi connectivity index (χ0n) is 7.02. The summed E-state index contributed by atoms with van der Waals surface area (Å²) in [6.07, 6.45) is 0.698. The van der Waals surface area contributed by atoms with E-state index >= 15 is 0 Å². The van der Waals surface area contributed by atoms with E-state index in [4.69, 9.17) is 5.11 Å². The average molecular weight is 146 g/mol. The molecule has 0 radical (unpaired) electrons. The van der Waals surface area contributed by atoms with Crippen molar-refractivity contribution in [1.29, 1.82) is 0 Å². The molecule has 0 saturated heterocycles. The van der Waals surface area contributed by atoms with Gasteiger partial charge in [0.25, 0.3) is 0 Å². The van der Waals surface area contributed by atoms with Gasteiger partial charge in [0.2, 0.25) is 0 Å². The maximum atomic E-state index is 9.15. The maximum absolute atomic E-state index is 9.15. The van der Waals surface area contributed by atoms with Crippen LogP contribution < -0.4 is 10.6 Å². The summed E-state index contributed by atoms with van der Waals surface area (Å²) in [5.74, 6) is 0. The van der Waals surface area contributed by atoms with Gasteiger partial charge in [-0.2, -0.15) is 0 Å². The third kappa shape index (κ3) is 3.82. The van der Waals surface area contributed by atoms with Gasteiger partial charge in [-0.25, -0.2) is 0 Å². The van der Waals surface area contributed by atoms with Gasteiger partial charge in [0.05, 0.1) is 6.10 Å². The van der Waals surface area contributed by atoms with Crippen LogP contribution in [0.15, 0.2) is 0 Å². The molecule has 3 nitrogen and oxygen atoms in total. The lowest BCUT2D eigenvalue weighted by molar-refractivity contribution is 0.144. The minimum absolute atomic E-state index is 0.215. The summed E-state index contributed by atoms with van der Waals surface area (Å²) in [5, 5.41) is 15.2. The van der Waals surface area contributed by atoms with Gasteiger partial charge in [0.15, 0.2) is 0 Å². The molecule has 0 aliphatic rings. The lowest BCUT2D eigenvalue weighted by Crippen LogP contribution is -2.37. The third-order valence-electron chi connectivity index (χ3n) is 1.66. The molecule has 0 aromatic heterocycles. The van der Waals surface area contributed by atoms with E-state index < -0.39 is 0 Å². The lowest BCUT2D eigenvalue weighted by Gasteiger charge is -2.18. The Morgan fingerprint density at radius 1 is 1.40 bits per heavy atom. The Balaban J connectivity index is 3.40. The third-order valence-corrected chi connectivity index (χ3v) is 1.66. The van der Waals surface area contributed by atoms with Crippen LogP contribution in [-0.2, 0) is 0 Å². The van der Waals surface area contributed by atoms with Crippen molar-refractivity contribution in [2.45, 2.75) is 25.5 Å². The van der Waals surface area contributed by atoms with Crippen molar-refractivity contribution in [1.82, 2.24) is 10.6 Å². The first kappa shape index (κ1) is 9.88. The van der Waals surface area contributed by atoms with Gasteiger partial charge in [-0.3, -0.25) is 0 Å². The van der Waals surface area contributed by atoms with E-state index in [1.807, 2.05) is 14.1 Å². The highest BCUT2D eigenvalue weighted by Crippen LogP contribution is 1.95. The predicted octanol–water partition coefficient (Wildman–Crippen LogP) is -0.435. The molecule has 0 spiro atoms. The minimum atomic E-state index is -0.265. The van der Waals surface area contributed by atoms with Crippen LogP contribution in [0, 0.1) is 0 Å². The van der Waals surface area contributed by atoms with Crippen molar-refractivity contribution in [3.8, 4) is 0 Å². The van der Waals surface area contributed by atoms with Gasteiger partial charge in [0, 0.05) is 6.04 Å². The molecule has 0 rings (SSSR count). The smallest absolute Gasteiger partial charge is 0.0665 e. The number of likely N-dealkylation sites (N-methyl/N-ethyl adjacent to an activating group) is 1. The van der Waals surface area contributed by atoms with E-state index in [-0.39, 0.29) is 12.1 Å². The molecule has 0 aliphatic heterocycles. The van der Waals surface area contributed by atoms with E-state index in [1.165, 1.54) is 0 Å². The first-order chi connectivity index (χ1) is 4.72. The standard InChI is InChI=1S/C7H18N2O/c1-6(10)7(9-3)4-5-8-2/h6-10H,4-5H2,1-3H3. The molecule has 0 heterocycles. The second-order valence-corrected chi connectivity index (χ2v) is 2.53. The highest BCUT2D eigenvalue weighted by atomic mass is 16.3. The predicted molar refractivity (Wildman–Crippen MR) is 43.1 cm³/mol. The number of nitrogens with one attached hydrogen (secondary N) is 2. The van der Waals surface area contributed by atoms with E-state index in [2.05, 4.69) is 10.6 Å². The zero-order valence-corrected chi connectivity index (χ0v) is 7.02. The second-order valence-electron chi connectivity index (χ2n) is 2.53. The molecule has 0 aromatic carbocycles. The van der Waals surface area contributed by atoms with Crippen molar-refractivity contribution in [2.24, 2.45) is 0 Å². The number of rotatable bonds is 5. The Bertz CT molecular complexity index is 76.0. The zero-order chi connectivity index (χ0) is 7.98. The van der Waals surface area contributed by atoms with Crippen molar-refractivity contribution >= 4 is 0 Å². The molecule has 0 fully saturated rings. The fourth-order valence-electron chi connectivity index (χ4n) is 0.927. The van der Waals surface area contributed by atoms with Gasteiger partial charge in [-0.1, -0.05) is 0 Å². The van der Waals surface area contributed by atoms with Crippen molar-refractivity contribution < 1.29 is 5.11 Å². The van der Waals surface area contributed by atoms with Crippen LogP contribution in [0.25, 0.3) is 0 Å². The molecule has 0 amide bonds. The molecule has 0 aliphatic carbocycles. The molecule has 0 aromatic rings. The molecule has 3 heteroatoms. The molecule has 2 unspecified atom stereocenters. The summed E-state index contributed by atoms with van der Waals surface area (Å²) in [5.41, 5.74) is 0. The monoisotopic (exact) mass is 146 g/mol. The van der Waals surface area contributed by atoms with E-state index in [9.17, 15) is 0 Å². The van der Waals surface area contributed by atoms with Crippen LogP contribution in [0.1, 0.15) is 13.3 Å². The average Bonchev–Trinajstić information content (AvgIpc) is 1.89. The summed E-state index contributed by atoms with van der Waals surface area (Å²) in [7, 11) is 3.78. The van der Waals surface area contributed by atoms with Crippen molar-refractivity contribution in [3.05, 3.63) is 0 Å². The minimum Gasteiger partial charge on any atom is -0.392 e. The quantitative estimate of drug-likeness (QED) is 0.493. The van der Waals surface area contributed by atoms with Crippen LogP contribution in [-0.4, -0.2) is 37.9 Å². The van der Waals surface area contributed by atoms with Crippen LogP contribution in [0.4, 0.5) is 0 Å². The normalized spacial score (nSPS) is 16.8. The Morgan fingerprint density at radius 3 is 2.30 bits per heavy atom. The molecule has 0 saturated carbocycles. The topological polar surface area (TPSA) is 44.3 Å². The maximum Gasteiger partial charge on any atom is 0.0665 e. The molecule has 0 bridgehead atoms. The van der Waals surface area contributed by atoms with Gasteiger partial charge in [0.1, 0.15) is 0 Å². The summed E-state index contributed by atoms with van der Waals surface area (Å²) in [6.45, 7) is 2.74. The second kappa shape index (κ2) is 5.65. The Labute approximate surface area is 62.8 Å². The Morgan fingerprint density at radius 2 is 2.00 bits per heavy atom. The largest absolute Gasteiger partial charge is 0.392 e. The lowest BCUT2D eigenvalue weighted by atomic mass is 10.1. The summed E-state index contributed by atoms with van der Waals surface area (Å²) < 4.78 is 0. The first-order valence-electron chi connectivity index (χ1n) is 3.72. The van der Waals surface area contributed by atoms with Crippen LogP contribution in [0.3, 0.4) is 0 Å². The number of aliphatic hydroxyl groups is 1. The van der Waals surface area contributed by atoms with Gasteiger partial charge >= 0.3 is 0 Å². The first-order valence-corrected chi connectivity index (χ1v) is 3.72. The molecular formula is C7H18N2O. The molecule has 2 atom stereocenters. The van der Waals surface area contributed by atoms with Crippen LogP contribution in [0.2, 0.25) is 0 Å². The fraction of sp³-hybridized carbons (Fsp3) is 1.00. The van der Waals surface area contributed by atoms with Gasteiger partial charge in [-0.05, 0) is 34.0 Å². The SMILES string of the molecule is CNCCC(NC)C(C)O. The van der Waals surface area contributed by atoms with Crippen LogP contribution >= 0.6 is 0 Å². The van der Waals surface area contributed by atoms with Gasteiger partial charge in [-0.15, -0.1) is 0 Å². The highest BCUT2D eigenvalue weighted by Gasteiger charge is 2.10. The number of hydrogen-bond donors (Lipinski definition) is 3.